The number of amides is 2. The molecule has 0 bridgehead atoms. The molecular formula is C32H39ClN2O3. The minimum atomic E-state index is -0.746. The number of carbonyl (C=O) groups excluding carboxylic acids is 2. The number of ether oxygens (including phenoxy) is 1. The third-order valence-corrected chi connectivity index (χ3v) is 6.29. The molecule has 0 heterocycles. The van der Waals surface area contributed by atoms with E-state index in [1.54, 1.807) is 11.0 Å². The largest absolute Gasteiger partial charge is 0.483 e. The number of nitrogens with one attached hydrogen (secondary N) is 1. The van der Waals surface area contributed by atoms with Crippen LogP contribution in [0.15, 0.2) is 78.9 Å². The van der Waals surface area contributed by atoms with Crippen LogP contribution in [0.3, 0.4) is 0 Å². The maximum absolute atomic E-state index is 13.9. The van der Waals surface area contributed by atoms with E-state index in [2.05, 4.69) is 26.1 Å². The molecule has 2 amide bonds. The first kappa shape index (κ1) is 29.2. The first-order valence-electron chi connectivity index (χ1n) is 13.0. The van der Waals surface area contributed by atoms with Crippen LogP contribution in [0.4, 0.5) is 0 Å². The monoisotopic (exact) mass is 534 g/mol. The van der Waals surface area contributed by atoms with Gasteiger partial charge in [0.15, 0.2) is 6.61 Å². The third-order valence-electron chi connectivity index (χ3n) is 6.06. The Balaban J connectivity index is 1.96. The molecule has 3 aromatic rings. The van der Waals surface area contributed by atoms with E-state index in [0.717, 1.165) is 16.7 Å². The highest BCUT2D eigenvalue weighted by Crippen LogP contribution is 2.31. The molecule has 0 aliphatic heterocycles. The Bertz CT molecular complexity index is 1230. The number of halogens is 1. The zero-order valence-electron chi connectivity index (χ0n) is 23.3. The molecule has 5 nitrogen and oxygen atoms in total. The van der Waals surface area contributed by atoms with Crippen LogP contribution in [0.2, 0.25) is 5.02 Å². The Labute approximate surface area is 232 Å². The van der Waals surface area contributed by atoms with Crippen LogP contribution in [0.25, 0.3) is 0 Å². The second-order valence-electron chi connectivity index (χ2n) is 11.6. The van der Waals surface area contributed by atoms with Crippen LogP contribution in [0.5, 0.6) is 5.75 Å². The van der Waals surface area contributed by atoms with Gasteiger partial charge in [-0.15, -0.1) is 0 Å². The smallest absolute Gasteiger partial charge is 0.261 e. The van der Waals surface area contributed by atoms with Crippen molar-refractivity contribution in [1.29, 1.82) is 0 Å². The molecule has 0 radical (unpaired) electrons. The summed E-state index contributed by atoms with van der Waals surface area (Å²) in [6.45, 7) is 12.1. The normalized spacial score (nSPS) is 12.5. The molecule has 3 rings (SSSR count). The fourth-order valence-corrected chi connectivity index (χ4v) is 4.49. The van der Waals surface area contributed by atoms with Gasteiger partial charge in [0.05, 0.1) is 0 Å². The first-order chi connectivity index (χ1) is 17.8. The van der Waals surface area contributed by atoms with E-state index < -0.39 is 11.6 Å². The lowest BCUT2D eigenvalue weighted by Crippen LogP contribution is -2.55. The van der Waals surface area contributed by atoms with Gasteiger partial charge in [-0.05, 0) is 61.1 Å². The molecule has 0 saturated heterocycles. The number of rotatable bonds is 9. The van der Waals surface area contributed by atoms with Crippen molar-refractivity contribution in [3.05, 3.63) is 101 Å². The average Bonchev–Trinajstić information content (AvgIpc) is 2.84. The maximum Gasteiger partial charge on any atom is 0.261 e. The Hall–Kier alpha value is -3.31. The molecule has 3 aromatic carbocycles. The number of nitrogens with zero attached hydrogens (tertiary/aromatic N) is 1. The number of benzene rings is 3. The van der Waals surface area contributed by atoms with Gasteiger partial charge in [0, 0.05) is 23.5 Å². The molecule has 38 heavy (non-hydrogen) atoms. The molecule has 202 valence electrons. The minimum absolute atomic E-state index is 0.150. The van der Waals surface area contributed by atoms with E-state index in [4.69, 9.17) is 16.3 Å². The van der Waals surface area contributed by atoms with Crippen molar-refractivity contribution in [2.24, 2.45) is 0 Å². The van der Waals surface area contributed by atoms with Gasteiger partial charge < -0.3 is 15.0 Å². The fourth-order valence-electron chi connectivity index (χ4n) is 4.27. The molecule has 0 fully saturated rings. The lowest BCUT2D eigenvalue weighted by Gasteiger charge is -2.34. The predicted octanol–water partition coefficient (Wildman–Crippen LogP) is 6.57. The quantitative estimate of drug-likeness (QED) is 0.338. The summed E-state index contributed by atoms with van der Waals surface area (Å²) in [4.78, 5) is 29.1. The topological polar surface area (TPSA) is 58.6 Å². The van der Waals surface area contributed by atoms with Gasteiger partial charge in [-0.3, -0.25) is 9.59 Å². The highest BCUT2D eigenvalue weighted by atomic mass is 35.5. The molecule has 0 aliphatic rings. The van der Waals surface area contributed by atoms with Crippen LogP contribution in [-0.4, -0.2) is 34.9 Å². The Kier molecular flexibility index (Phi) is 9.61. The summed E-state index contributed by atoms with van der Waals surface area (Å²) in [7, 11) is 0. The van der Waals surface area contributed by atoms with Crippen molar-refractivity contribution in [1.82, 2.24) is 10.2 Å². The van der Waals surface area contributed by atoms with Crippen molar-refractivity contribution >= 4 is 23.4 Å². The van der Waals surface area contributed by atoms with Crippen molar-refractivity contribution in [2.75, 3.05) is 6.61 Å². The minimum Gasteiger partial charge on any atom is -0.483 e. The first-order valence-corrected chi connectivity index (χ1v) is 13.3. The van der Waals surface area contributed by atoms with Crippen LogP contribution in [-0.2, 0) is 28.0 Å². The number of hydrogen-bond acceptors (Lipinski definition) is 3. The van der Waals surface area contributed by atoms with Crippen molar-refractivity contribution in [2.45, 2.75) is 71.5 Å². The van der Waals surface area contributed by atoms with Crippen LogP contribution in [0.1, 0.15) is 58.2 Å². The van der Waals surface area contributed by atoms with E-state index in [-0.39, 0.29) is 30.4 Å². The standard InChI is InChI=1S/C32H39ClN2O3/c1-31(2,3)26-17-10-11-18-28(26)38-22-29(36)35(21-24-15-12-16-25(33)19-24)27(30(37)34-32(4,5)6)20-23-13-8-7-9-14-23/h7-19,27H,20-22H2,1-6H3,(H,34,37). The molecule has 0 aliphatic carbocycles. The highest BCUT2D eigenvalue weighted by Gasteiger charge is 2.32. The van der Waals surface area contributed by atoms with Gasteiger partial charge in [0.2, 0.25) is 5.91 Å². The van der Waals surface area contributed by atoms with E-state index >= 15 is 0 Å². The van der Waals surface area contributed by atoms with E-state index in [9.17, 15) is 9.59 Å². The van der Waals surface area contributed by atoms with Gasteiger partial charge >= 0.3 is 0 Å². The fraction of sp³-hybridized carbons (Fsp3) is 0.375. The number of para-hydroxylation sites is 1. The van der Waals surface area contributed by atoms with Crippen molar-refractivity contribution in [3.8, 4) is 5.75 Å². The lowest BCUT2D eigenvalue weighted by atomic mass is 9.86. The molecule has 1 atom stereocenters. The summed E-state index contributed by atoms with van der Waals surface area (Å²) in [5.74, 6) is 0.167. The van der Waals surface area contributed by atoms with Crippen molar-refractivity contribution < 1.29 is 14.3 Å². The highest BCUT2D eigenvalue weighted by molar-refractivity contribution is 6.30. The second kappa shape index (κ2) is 12.5. The van der Waals surface area contributed by atoms with Crippen LogP contribution < -0.4 is 10.1 Å². The molecule has 1 N–H and O–H groups in total. The number of hydrogen-bond donors (Lipinski definition) is 1. The van der Waals surface area contributed by atoms with Gasteiger partial charge in [0.1, 0.15) is 11.8 Å². The van der Waals surface area contributed by atoms with Crippen LogP contribution in [0, 0.1) is 0 Å². The zero-order chi connectivity index (χ0) is 27.9. The Morgan fingerprint density at radius 1 is 0.868 bits per heavy atom. The van der Waals surface area contributed by atoms with E-state index in [0.29, 0.717) is 17.2 Å². The number of carbonyl (C=O) groups is 2. The van der Waals surface area contributed by atoms with Crippen molar-refractivity contribution in [3.63, 3.8) is 0 Å². The summed E-state index contributed by atoms with van der Waals surface area (Å²) in [6, 6.07) is 24.1. The molecule has 0 aromatic heterocycles. The maximum atomic E-state index is 13.9. The molecule has 6 heteroatoms. The zero-order valence-corrected chi connectivity index (χ0v) is 24.0. The lowest BCUT2D eigenvalue weighted by molar-refractivity contribution is -0.143. The Morgan fingerprint density at radius 2 is 1.50 bits per heavy atom. The molecule has 0 saturated carbocycles. The van der Waals surface area contributed by atoms with Gasteiger partial charge in [-0.1, -0.05) is 93.0 Å². The van der Waals surface area contributed by atoms with E-state index in [1.807, 2.05) is 93.6 Å². The van der Waals surface area contributed by atoms with Gasteiger partial charge in [-0.25, -0.2) is 0 Å². The van der Waals surface area contributed by atoms with Crippen LogP contribution >= 0.6 is 11.6 Å². The molecule has 1 unspecified atom stereocenters. The Morgan fingerprint density at radius 3 is 2.13 bits per heavy atom. The summed E-state index contributed by atoms with van der Waals surface area (Å²) >= 11 is 6.26. The SMILES string of the molecule is CC(C)(C)NC(=O)C(Cc1ccccc1)N(Cc1cccc(Cl)c1)C(=O)COc1ccccc1C(C)(C)C. The van der Waals surface area contributed by atoms with Gasteiger partial charge in [-0.2, -0.15) is 0 Å². The van der Waals surface area contributed by atoms with E-state index in [1.165, 1.54) is 0 Å². The summed E-state index contributed by atoms with van der Waals surface area (Å²) in [6.07, 6.45) is 0.369. The second-order valence-corrected chi connectivity index (χ2v) is 12.1. The van der Waals surface area contributed by atoms with Gasteiger partial charge in [0.25, 0.3) is 5.91 Å². The third kappa shape index (κ3) is 8.63. The predicted molar refractivity (Wildman–Crippen MR) is 154 cm³/mol. The molecular weight excluding hydrogens is 496 g/mol. The molecule has 0 spiro atoms. The summed E-state index contributed by atoms with van der Waals surface area (Å²) < 4.78 is 6.10. The summed E-state index contributed by atoms with van der Waals surface area (Å²) in [5, 5.41) is 3.65. The average molecular weight is 535 g/mol. The summed E-state index contributed by atoms with van der Waals surface area (Å²) in [5.41, 5.74) is 2.20.